The van der Waals surface area contributed by atoms with Crippen LogP contribution in [0.4, 0.5) is 4.39 Å². The van der Waals surface area contributed by atoms with Crippen molar-refractivity contribution >= 4 is 38.8 Å². The molecule has 4 aliphatic rings. The van der Waals surface area contributed by atoms with Crippen LogP contribution in [0.3, 0.4) is 0 Å². The van der Waals surface area contributed by atoms with Gasteiger partial charge in [0.05, 0.1) is 10.8 Å². The van der Waals surface area contributed by atoms with Crippen LogP contribution in [0.15, 0.2) is 46.0 Å². The molecule has 0 spiro atoms. The molecule has 0 radical (unpaired) electrons. The van der Waals surface area contributed by atoms with E-state index < -0.39 is 21.9 Å². The Bertz CT molecular complexity index is 1370. The van der Waals surface area contributed by atoms with Gasteiger partial charge in [-0.25, -0.2) is 22.5 Å². The topological polar surface area (TPSA) is 74.7 Å². The van der Waals surface area contributed by atoms with Crippen molar-refractivity contribution in [3.05, 3.63) is 62.5 Å². The van der Waals surface area contributed by atoms with Gasteiger partial charge in [0, 0.05) is 52.8 Å². The molecule has 3 heterocycles. The molecule has 1 aromatic carbocycles. The molecular formula is C24H22ClFN4O2S2. The largest absolute Gasteiger partial charge is 0.325 e. The second-order valence-corrected chi connectivity index (χ2v) is 12.4. The average Bonchev–Trinajstić information content (AvgIpc) is 3.71. The lowest BCUT2D eigenvalue weighted by molar-refractivity contribution is 0.513. The summed E-state index contributed by atoms with van der Waals surface area (Å²) in [6, 6.07) is 3.53. The molecule has 2 atom stereocenters. The Kier molecular flexibility index (Phi) is 5.52. The quantitative estimate of drug-likeness (QED) is 0.602. The Balaban J connectivity index is 1.46. The number of fused-ring (bicyclic) bond motifs is 1. The Morgan fingerprint density at radius 2 is 2.06 bits per heavy atom. The fraction of sp³-hybridized carbons (Fsp3) is 0.417. The summed E-state index contributed by atoms with van der Waals surface area (Å²) in [6.07, 6.45) is 5.81. The van der Waals surface area contributed by atoms with Crippen molar-refractivity contribution in [2.24, 2.45) is 10.9 Å². The number of halogens is 2. The second kappa shape index (κ2) is 8.45. The SMILES string of the molecule is O=S(=O)(NC1CC2=C(C#CC3CC3)[C@H](c3ccc(F)cc3Cl)N=C(c3nccs3)N2C1)C1CC1. The molecule has 2 aromatic rings. The lowest BCUT2D eigenvalue weighted by Gasteiger charge is -2.31. The van der Waals surface area contributed by atoms with Crippen LogP contribution in [0.25, 0.3) is 0 Å². The minimum Gasteiger partial charge on any atom is -0.325 e. The number of rotatable bonds is 5. The zero-order valence-electron chi connectivity index (χ0n) is 18.2. The zero-order valence-corrected chi connectivity index (χ0v) is 20.6. The first-order valence-electron chi connectivity index (χ1n) is 11.3. The Morgan fingerprint density at radius 3 is 2.74 bits per heavy atom. The molecule has 2 aliphatic carbocycles. The van der Waals surface area contributed by atoms with Crippen LogP contribution in [0.5, 0.6) is 0 Å². The zero-order chi connectivity index (χ0) is 23.4. The van der Waals surface area contributed by atoms with Gasteiger partial charge >= 0.3 is 0 Å². The van der Waals surface area contributed by atoms with E-state index in [2.05, 4.69) is 21.5 Å². The Hall–Kier alpha value is -2.25. The molecule has 176 valence electrons. The molecule has 0 bridgehead atoms. The van der Waals surface area contributed by atoms with Crippen molar-refractivity contribution in [2.75, 3.05) is 6.54 Å². The third kappa shape index (κ3) is 4.29. The van der Waals surface area contributed by atoms with Gasteiger partial charge in [-0.05, 0) is 37.8 Å². The van der Waals surface area contributed by atoms with Gasteiger partial charge in [-0.1, -0.05) is 29.5 Å². The molecule has 6 nitrogen and oxygen atoms in total. The summed E-state index contributed by atoms with van der Waals surface area (Å²) in [5.74, 6) is 7.33. The second-order valence-electron chi connectivity index (χ2n) is 9.14. The minimum absolute atomic E-state index is 0.286. The average molecular weight is 517 g/mol. The van der Waals surface area contributed by atoms with E-state index >= 15 is 0 Å². The van der Waals surface area contributed by atoms with E-state index in [1.54, 1.807) is 12.3 Å². The molecule has 10 heteroatoms. The summed E-state index contributed by atoms with van der Waals surface area (Å²) < 4.78 is 42.1. The number of benzene rings is 1. The van der Waals surface area contributed by atoms with E-state index in [0.29, 0.717) is 43.1 Å². The van der Waals surface area contributed by atoms with Crippen molar-refractivity contribution in [2.45, 2.75) is 49.4 Å². The Morgan fingerprint density at radius 1 is 1.24 bits per heavy atom. The van der Waals surface area contributed by atoms with Gasteiger partial charge in [0.25, 0.3) is 0 Å². The van der Waals surface area contributed by atoms with Gasteiger partial charge in [-0.15, -0.1) is 11.3 Å². The first-order chi connectivity index (χ1) is 16.4. The van der Waals surface area contributed by atoms with Crippen LogP contribution < -0.4 is 4.72 Å². The van der Waals surface area contributed by atoms with E-state index in [9.17, 15) is 12.8 Å². The molecule has 1 aromatic heterocycles. The minimum atomic E-state index is -3.35. The molecule has 1 N–H and O–H groups in total. The monoisotopic (exact) mass is 516 g/mol. The fourth-order valence-corrected chi connectivity index (χ4v) is 6.89. The maximum atomic E-state index is 13.8. The third-order valence-electron chi connectivity index (χ3n) is 6.42. The highest BCUT2D eigenvalue weighted by Gasteiger charge is 2.43. The van der Waals surface area contributed by atoms with Gasteiger partial charge < -0.3 is 4.90 Å². The van der Waals surface area contributed by atoms with Crippen molar-refractivity contribution in [1.29, 1.82) is 0 Å². The number of sulfonamides is 1. The van der Waals surface area contributed by atoms with E-state index in [0.717, 1.165) is 29.1 Å². The van der Waals surface area contributed by atoms with Crippen LogP contribution in [-0.4, -0.2) is 42.0 Å². The van der Waals surface area contributed by atoms with Crippen molar-refractivity contribution in [3.8, 4) is 11.8 Å². The number of amidine groups is 1. The molecule has 34 heavy (non-hydrogen) atoms. The van der Waals surface area contributed by atoms with E-state index in [4.69, 9.17) is 16.6 Å². The van der Waals surface area contributed by atoms with Crippen LogP contribution in [0, 0.1) is 23.6 Å². The Labute approximate surface area is 207 Å². The predicted octanol–water partition coefficient (Wildman–Crippen LogP) is 4.26. The summed E-state index contributed by atoms with van der Waals surface area (Å²) in [4.78, 5) is 11.5. The van der Waals surface area contributed by atoms with Gasteiger partial charge in [-0.3, -0.25) is 4.99 Å². The summed E-state index contributed by atoms with van der Waals surface area (Å²) in [6.45, 7) is 0.457. The number of nitrogens with one attached hydrogen (secondary N) is 1. The highest BCUT2D eigenvalue weighted by atomic mass is 35.5. The highest BCUT2D eigenvalue weighted by Crippen LogP contribution is 2.42. The number of hydrogen-bond donors (Lipinski definition) is 1. The van der Waals surface area contributed by atoms with Crippen molar-refractivity contribution < 1.29 is 12.8 Å². The summed E-state index contributed by atoms with van der Waals surface area (Å²) in [7, 11) is -3.35. The maximum absolute atomic E-state index is 13.8. The molecule has 6 rings (SSSR count). The smallest absolute Gasteiger partial charge is 0.214 e. The standard InChI is InChI=1S/C24H22ClFN4O2S2/c25-20-11-15(26)4-8-18(20)22-19(7-3-14-1-2-14)21-12-16(29-34(31,32)17-5-6-17)13-30(21)23(28-22)24-27-9-10-33-24/h4,8-11,14,16-17,22,29H,1-2,5-6,12-13H2/t16?,22-/m0/s1. The van der Waals surface area contributed by atoms with E-state index in [1.165, 1.54) is 23.5 Å². The number of hydrogen-bond acceptors (Lipinski definition) is 6. The van der Waals surface area contributed by atoms with Gasteiger partial charge in [0.2, 0.25) is 10.0 Å². The molecule has 0 amide bonds. The first kappa shape index (κ1) is 22.2. The molecule has 1 unspecified atom stereocenters. The lowest BCUT2D eigenvalue weighted by atomic mass is 9.94. The number of aromatic nitrogens is 1. The number of nitrogens with zero attached hydrogens (tertiary/aromatic N) is 3. The van der Waals surface area contributed by atoms with Gasteiger partial charge in [-0.2, -0.15) is 0 Å². The normalized spacial score (nSPS) is 24.5. The van der Waals surface area contributed by atoms with E-state index in [-0.39, 0.29) is 16.3 Å². The molecule has 2 aliphatic heterocycles. The van der Waals surface area contributed by atoms with Crippen molar-refractivity contribution in [1.82, 2.24) is 14.6 Å². The lowest BCUT2D eigenvalue weighted by Crippen LogP contribution is -2.40. The molecular weight excluding hydrogens is 495 g/mol. The summed E-state index contributed by atoms with van der Waals surface area (Å²) in [5.41, 5.74) is 2.41. The van der Waals surface area contributed by atoms with Crippen LogP contribution in [-0.2, 0) is 10.0 Å². The first-order valence-corrected chi connectivity index (χ1v) is 14.2. The predicted molar refractivity (Wildman–Crippen MR) is 131 cm³/mol. The van der Waals surface area contributed by atoms with Gasteiger partial charge in [0.1, 0.15) is 11.9 Å². The van der Waals surface area contributed by atoms with Crippen LogP contribution in [0.1, 0.15) is 48.7 Å². The molecule has 2 saturated carbocycles. The highest BCUT2D eigenvalue weighted by molar-refractivity contribution is 7.90. The van der Waals surface area contributed by atoms with E-state index in [1.807, 2.05) is 10.3 Å². The third-order valence-corrected chi connectivity index (χ3v) is 9.53. The van der Waals surface area contributed by atoms with Crippen molar-refractivity contribution in [3.63, 3.8) is 0 Å². The summed E-state index contributed by atoms with van der Waals surface area (Å²) >= 11 is 7.95. The summed E-state index contributed by atoms with van der Waals surface area (Å²) in [5, 5.41) is 2.62. The fourth-order valence-electron chi connectivity index (χ4n) is 4.41. The number of aliphatic imine (C=N–C) groups is 1. The van der Waals surface area contributed by atoms with Crippen LogP contribution >= 0.6 is 22.9 Å². The molecule has 1 saturated heterocycles. The number of thiazole rings is 1. The van der Waals surface area contributed by atoms with Gasteiger partial charge in [0.15, 0.2) is 10.8 Å². The van der Waals surface area contributed by atoms with Crippen LogP contribution in [0.2, 0.25) is 5.02 Å². The molecule has 3 fully saturated rings. The maximum Gasteiger partial charge on any atom is 0.214 e.